The number of fused-ring (bicyclic) bond motifs is 8. The Kier molecular flexibility index (Phi) is 8.41. The second kappa shape index (κ2) is 12.1. The lowest BCUT2D eigenvalue weighted by Crippen LogP contribution is -2.65. The lowest BCUT2D eigenvalue weighted by molar-refractivity contribution is -0.184. The minimum absolute atomic E-state index is 0.0267. The van der Waals surface area contributed by atoms with E-state index in [0.29, 0.717) is 30.3 Å². The summed E-state index contributed by atoms with van der Waals surface area (Å²) in [5.41, 5.74) is 5.30. The Balaban J connectivity index is 1.18. The zero-order chi connectivity index (χ0) is 36.1. The molecule has 0 amide bonds. The molecule has 0 N–H and O–H groups in total. The van der Waals surface area contributed by atoms with Gasteiger partial charge in [0, 0.05) is 37.2 Å². The van der Waals surface area contributed by atoms with Crippen LogP contribution in [0.25, 0.3) is 0 Å². The highest BCUT2D eigenvalue weighted by Gasteiger charge is 2.70. The molecule has 2 aromatic rings. The maximum atomic E-state index is 14.5. The van der Waals surface area contributed by atoms with Gasteiger partial charge < -0.3 is 14.5 Å². The van der Waals surface area contributed by atoms with E-state index in [9.17, 15) is 4.79 Å². The number of carbonyl (C=O) groups excluding carboxylic acids is 1. The molecule has 276 valence electrons. The Labute approximate surface area is 308 Å². The van der Waals surface area contributed by atoms with E-state index in [2.05, 4.69) is 90.4 Å². The van der Waals surface area contributed by atoms with Crippen molar-refractivity contribution in [1.29, 1.82) is 0 Å². The SMILES string of the molecule is Cc1nc(N2CCN(C)CC2)c2c(n1)C(C)(C)[C@H]1CC[C@@]3(C)[C@@H](CC=C4[C@@H]5[C@@H](C)[C@@H](C)CC[C@]5(C(=O)OCc5ccccc5)CC[C@]43C)[C@]1(C)C2. The fourth-order valence-electron chi connectivity index (χ4n) is 13.6. The van der Waals surface area contributed by atoms with Crippen molar-refractivity contribution in [3.8, 4) is 0 Å². The number of aryl methyl sites for hydroxylation is 1. The summed E-state index contributed by atoms with van der Waals surface area (Å²) in [7, 11) is 2.23. The van der Waals surface area contributed by atoms with Gasteiger partial charge >= 0.3 is 5.97 Å². The number of benzene rings is 1. The van der Waals surface area contributed by atoms with Crippen LogP contribution in [-0.2, 0) is 28.0 Å². The summed E-state index contributed by atoms with van der Waals surface area (Å²) in [5, 5.41) is 0. The molecule has 1 aliphatic heterocycles. The molecule has 5 aliphatic carbocycles. The Hall–Kier alpha value is -2.73. The molecular formula is C45H64N4O2. The second-order valence-corrected chi connectivity index (χ2v) is 19.5. The van der Waals surface area contributed by atoms with Crippen LogP contribution in [0.15, 0.2) is 42.0 Å². The molecular weight excluding hydrogens is 629 g/mol. The Bertz CT molecular complexity index is 1710. The van der Waals surface area contributed by atoms with E-state index >= 15 is 0 Å². The zero-order valence-corrected chi connectivity index (χ0v) is 33.1. The van der Waals surface area contributed by atoms with Gasteiger partial charge in [-0.1, -0.05) is 90.4 Å². The number of likely N-dealkylation sites (N-methyl/N-ethyl adjacent to an activating group) is 1. The van der Waals surface area contributed by atoms with Gasteiger partial charge in [0.2, 0.25) is 0 Å². The molecule has 6 heteroatoms. The molecule has 0 radical (unpaired) electrons. The average Bonchev–Trinajstić information content (AvgIpc) is 3.10. The third kappa shape index (κ3) is 5.07. The summed E-state index contributed by atoms with van der Waals surface area (Å²) < 4.78 is 6.29. The van der Waals surface area contributed by atoms with E-state index in [4.69, 9.17) is 14.7 Å². The Morgan fingerprint density at radius 2 is 1.63 bits per heavy atom. The molecule has 51 heavy (non-hydrogen) atoms. The lowest BCUT2D eigenvalue weighted by Gasteiger charge is -2.71. The summed E-state index contributed by atoms with van der Waals surface area (Å²) >= 11 is 0. The monoisotopic (exact) mass is 693 g/mol. The van der Waals surface area contributed by atoms with E-state index in [1.54, 1.807) is 5.57 Å². The van der Waals surface area contributed by atoms with Crippen LogP contribution in [0.1, 0.15) is 116 Å². The van der Waals surface area contributed by atoms with Crippen molar-refractivity contribution < 1.29 is 9.53 Å². The van der Waals surface area contributed by atoms with Gasteiger partial charge in [0.05, 0.1) is 11.1 Å². The molecule has 9 atom stereocenters. The second-order valence-electron chi connectivity index (χ2n) is 19.5. The molecule has 3 saturated carbocycles. The number of ether oxygens (including phenoxy) is 1. The number of rotatable bonds is 4. The molecule has 1 saturated heterocycles. The number of aromatic nitrogens is 2. The molecule has 8 rings (SSSR count). The van der Waals surface area contributed by atoms with Crippen molar-refractivity contribution in [2.75, 3.05) is 38.1 Å². The molecule has 1 aromatic heterocycles. The van der Waals surface area contributed by atoms with Crippen LogP contribution < -0.4 is 4.90 Å². The minimum Gasteiger partial charge on any atom is -0.460 e. The molecule has 1 aromatic carbocycles. The minimum atomic E-state index is -0.422. The topological polar surface area (TPSA) is 58.6 Å². The number of hydrogen-bond donors (Lipinski definition) is 0. The van der Waals surface area contributed by atoms with Crippen molar-refractivity contribution >= 4 is 11.8 Å². The van der Waals surface area contributed by atoms with Gasteiger partial charge in [-0.3, -0.25) is 4.79 Å². The number of esters is 1. The molecule has 2 heterocycles. The first-order chi connectivity index (χ1) is 24.2. The van der Waals surface area contributed by atoms with Crippen molar-refractivity contribution in [2.45, 2.75) is 119 Å². The van der Waals surface area contributed by atoms with Crippen LogP contribution in [0.3, 0.4) is 0 Å². The number of piperazine rings is 1. The number of allylic oxidation sites excluding steroid dienone is 2. The van der Waals surface area contributed by atoms with Gasteiger partial charge in [0.15, 0.2) is 0 Å². The van der Waals surface area contributed by atoms with E-state index < -0.39 is 5.41 Å². The average molecular weight is 693 g/mol. The molecule has 6 nitrogen and oxygen atoms in total. The highest BCUT2D eigenvalue weighted by atomic mass is 16.5. The third-order valence-corrected chi connectivity index (χ3v) is 16.8. The molecule has 4 fully saturated rings. The molecule has 6 aliphatic rings. The first-order valence-electron chi connectivity index (χ1n) is 20.4. The first kappa shape index (κ1) is 35.3. The fraction of sp³-hybridized carbons (Fsp3) is 0.711. The maximum absolute atomic E-state index is 14.5. The van der Waals surface area contributed by atoms with Crippen LogP contribution >= 0.6 is 0 Å². The summed E-state index contributed by atoms with van der Waals surface area (Å²) in [6.45, 7) is 24.5. The number of anilines is 1. The van der Waals surface area contributed by atoms with Crippen LogP contribution in [0.2, 0.25) is 0 Å². The molecule has 0 bridgehead atoms. The van der Waals surface area contributed by atoms with Gasteiger partial charge in [-0.15, -0.1) is 0 Å². The highest BCUT2D eigenvalue weighted by Crippen LogP contribution is 2.75. The van der Waals surface area contributed by atoms with Crippen LogP contribution in [0, 0.1) is 58.2 Å². The van der Waals surface area contributed by atoms with E-state index in [1.165, 1.54) is 29.9 Å². The Morgan fingerprint density at radius 1 is 0.902 bits per heavy atom. The predicted molar refractivity (Wildman–Crippen MR) is 205 cm³/mol. The number of carbonyl (C=O) groups is 1. The standard InChI is InChI=1S/C45H64N4O2/c1-29-17-20-45(40(50)51-28-32-13-11-10-12-14-32)22-21-43(7)34(37(45)30(29)2)15-16-36-42(6)27-33-38(41(4,5)35(42)18-19-44(36,43)8)46-31(3)47-39(33)49-25-23-48(9)24-26-49/h10-15,29-30,35-37H,16-28H2,1-9H3/t29-,30-,35+,36-,37-,42+,43+,44-,45-/m0/s1. The molecule has 0 spiro atoms. The van der Waals surface area contributed by atoms with Crippen molar-refractivity contribution in [1.82, 2.24) is 14.9 Å². The maximum Gasteiger partial charge on any atom is 0.313 e. The van der Waals surface area contributed by atoms with Gasteiger partial charge in [0.25, 0.3) is 0 Å². The van der Waals surface area contributed by atoms with E-state index in [0.717, 1.165) is 76.1 Å². The zero-order valence-electron chi connectivity index (χ0n) is 33.1. The highest BCUT2D eigenvalue weighted by molar-refractivity contribution is 5.79. The van der Waals surface area contributed by atoms with Crippen LogP contribution in [0.5, 0.6) is 0 Å². The number of nitrogens with zero attached hydrogens (tertiary/aromatic N) is 4. The first-order valence-corrected chi connectivity index (χ1v) is 20.4. The third-order valence-electron chi connectivity index (χ3n) is 16.8. The van der Waals surface area contributed by atoms with Crippen molar-refractivity contribution in [3.05, 3.63) is 64.6 Å². The summed E-state index contributed by atoms with van der Waals surface area (Å²) in [6.07, 6.45) is 11.4. The normalized spacial score (nSPS) is 40.1. The van der Waals surface area contributed by atoms with Gasteiger partial charge in [-0.05, 0) is 117 Å². The van der Waals surface area contributed by atoms with Gasteiger partial charge in [-0.2, -0.15) is 0 Å². The summed E-state index contributed by atoms with van der Waals surface area (Å²) in [4.78, 5) is 30.0. The van der Waals surface area contributed by atoms with E-state index in [1.807, 2.05) is 18.2 Å². The Morgan fingerprint density at radius 3 is 2.35 bits per heavy atom. The van der Waals surface area contributed by atoms with Crippen molar-refractivity contribution in [2.24, 2.45) is 51.2 Å². The largest absolute Gasteiger partial charge is 0.460 e. The lowest BCUT2D eigenvalue weighted by atomic mass is 9.33. The smallest absolute Gasteiger partial charge is 0.313 e. The quantitative estimate of drug-likeness (QED) is 0.236. The van der Waals surface area contributed by atoms with Crippen LogP contribution in [-0.4, -0.2) is 54.1 Å². The van der Waals surface area contributed by atoms with Gasteiger partial charge in [0.1, 0.15) is 18.2 Å². The van der Waals surface area contributed by atoms with Crippen molar-refractivity contribution in [3.63, 3.8) is 0 Å². The van der Waals surface area contributed by atoms with E-state index in [-0.39, 0.29) is 33.5 Å². The summed E-state index contributed by atoms with van der Waals surface area (Å²) in [6, 6.07) is 10.2. The fourth-order valence-corrected chi connectivity index (χ4v) is 13.6. The summed E-state index contributed by atoms with van der Waals surface area (Å²) in [5.74, 6) is 4.60. The number of hydrogen-bond acceptors (Lipinski definition) is 6. The van der Waals surface area contributed by atoms with Crippen LogP contribution in [0.4, 0.5) is 5.82 Å². The van der Waals surface area contributed by atoms with Gasteiger partial charge in [-0.25, -0.2) is 9.97 Å². The molecule has 0 unspecified atom stereocenters. The predicted octanol–water partition coefficient (Wildman–Crippen LogP) is 8.95.